The number of rotatable bonds is 4. The Morgan fingerprint density at radius 1 is 0.850 bits per heavy atom. The molecule has 0 aromatic heterocycles. The first-order valence-electron chi connectivity index (χ1n) is 5.49. The van der Waals surface area contributed by atoms with Gasteiger partial charge in [-0.15, -0.1) is 17.0 Å². The van der Waals surface area contributed by atoms with Crippen molar-refractivity contribution < 1.29 is 14.5 Å². The van der Waals surface area contributed by atoms with Crippen LogP contribution in [0.15, 0.2) is 54.6 Å². The number of nitro benzene ring substituents is 1. The SMILES string of the molecule is Br.O=C(C(=O)c1ccccc1[N+](=O)[O-])c1ccccc1. The van der Waals surface area contributed by atoms with Gasteiger partial charge in [0.25, 0.3) is 5.69 Å². The van der Waals surface area contributed by atoms with E-state index in [0.29, 0.717) is 0 Å². The third-order valence-corrected chi connectivity index (χ3v) is 2.59. The highest BCUT2D eigenvalue weighted by Gasteiger charge is 2.25. The summed E-state index contributed by atoms with van der Waals surface area (Å²) in [6.45, 7) is 0. The lowest BCUT2D eigenvalue weighted by Gasteiger charge is -2.01. The monoisotopic (exact) mass is 335 g/mol. The maximum absolute atomic E-state index is 12.0. The van der Waals surface area contributed by atoms with Crippen LogP contribution in [0.3, 0.4) is 0 Å². The molecule has 0 atom stereocenters. The van der Waals surface area contributed by atoms with Crippen LogP contribution in [0.4, 0.5) is 5.69 Å². The number of hydrogen-bond acceptors (Lipinski definition) is 4. The van der Waals surface area contributed by atoms with Crippen LogP contribution in [0.5, 0.6) is 0 Å². The predicted octanol–water partition coefficient (Wildman–Crippen LogP) is 3.24. The first-order chi connectivity index (χ1) is 9.11. The molecule has 6 heteroatoms. The maximum Gasteiger partial charge on any atom is 0.280 e. The fraction of sp³-hybridized carbons (Fsp3) is 0. The molecule has 0 unspecified atom stereocenters. The van der Waals surface area contributed by atoms with E-state index in [1.54, 1.807) is 18.2 Å². The van der Waals surface area contributed by atoms with Gasteiger partial charge in [-0.1, -0.05) is 42.5 Å². The number of ketones is 2. The molecule has 102 valence electrons. The number of Topliss-reactive ketones (excluding diaryl/α,β-unsaturated/α-hetero) is 2. The second kappa shape index (κ2) is 6.72. The summed E-state index contributed by atoms with van der Waals surface area (Å²) < 4.78 is 0. The number of halogens is 1. The fourth-order valence-electron chi connectivity index (χ4n) is 1.67. The van der Waals surface area contributed by atoms with Crippen molar-refractivity contribution in [2.45, 2.75) is 0 Å². The minimum Gasteiger partial charge on any atom is -0.285 e. The largest absolute Gasteiger partial charge is 0.285 e. The number of carbonyl (C=O) groups is 2. The molecule has 0 bridgehead atoms. The molecule has 0 radical (unpaired) electrons. The zero-order chi connectivity index (χ0) is 13.8. The highest BCUT2D eigenvalue weighted by molar-refractivity contribution is 8.93. The lowest BCUT2D eigenvalue weighted by molar-refractivity contribution is -0.385. The van der Waals surface area contributed by atoms with Crippen LogP contribution < -0.4 is 0 Å². The van der Waals surface area contributed by atoms with Gasteiger partial charge in [-0.3, -0.25) is 19.7 Å². The van der Waals surface area contributed by atoms with Crippen LogP contribution >= 0.6 is 17.0 Å². The van der Waals surface area contributed by atoms with Gasteiger partial charge in [0.05, 0.1) is 4.92 Å². The van der Waals surface area contributed by atoms with Crippen molar-refractivity contribution in [3.8, 4) is 0 Å². The minimum atomic E-state index is -0.876. The highest BCUT2D eigenvalue weighted by atomic mass is 79.9. The van der Waals surface area contributed by atoms with Gasteiger partial charge in [0.15, 0.2) is 0 Å². The molecule has 0 aliphatic heterocycles. The molecule has 0 saturated carbocycles. The first-order valence-corrected chi connectivity index (χ1v) is 5.49. The van der Waals surface area contributed by atoms with Gasteiger partial charge in [0.2, 0.25) is 11.6 Å². The van der Waals surface area contributed by atoms with E-state index in [2.05, 4.69) is 0 Å². The van der Waals surface area contributed by atoms with E-state index in [1.165, 1.54) is 36.4 Å². The standard InChI is InChI=1S/C14H9NO4.BrH/c16-13(10-6-2-1-3-7-10)14(17)11-8-4-5-9-12(11)15(18)19;/h1-9H;1H. The summed E-state index contributed by atoms with van der Waals surface area (Å²) >= 11 is 0. The topological polar surface area (TPSA) is 77.3 Å². The number of benzene rings is 2. The van der Waals surface area contributed by atoms with Gasteiger partial charge in [-0.25, -0.2) is 0 Å². The number of para-hydroxylation sites is 1. The van der Waals surface area contributed by atoms with Crippen LogP contribution in [0, 0.1) is 10.1 Å². The summed E-state index contributed by atoms with van der Waals surface area (Å²) in [4.78, 5) is 34.1. The summed E-state index contributed by atoms with van der Waals surface area (Å²) in [5, 5.41) is 10.8. The molecule has 0 heterocycles. The molecule has 0 fully saturated rings. The fourth-order valence-corrected chi connectivity index (χ4v) is 1.67. The van der Waals surface area contributed by atoms with Crippen LogP contribution in [-0.4, -0.2) is 16.5 Å². The van der Waals surface area contributed by atoms with Crippen LogP contribution in [-0.2, 0) is 0 Å². The molecule has 0 amide bonds. The van der Waals surface area contributed by atoms with Gasteiger partial charge in [-0.2, -0.15) is 0 Å². The maximum atomic E-state index is 12.0. The Morgan fingerprint density at radius 3 is 2.00 bits per heavy atom. The summed E-state index contributed by atoms with van der Waals surface area (Å²) in [6, 6.07) is 13.4. The van der Waals surface area contributed by atoms with Crippen molar-refractivity contribution in [2.24, 2.45) is 0 Å². The smallest absolute Gasteiger partial charge is 0.280 e. The number of nitrogens with zero attached hydrogens (tertiary/aromatic N) is 1. The highest BCUT2D eigenvalue weighted by Crippen LogP contribution is 2.19. The van der Waals surface area contributed by atoms with Crippen LogP contribution in [0.25, 0.3) is 0 Å². The Hall–Kier alpha value is -2.34. The lowest BCUT2D eigenvalue weighted by Crippen LogP contribution is -2.15. The van der Waals surface area contributed by atoms with Crippen molar-refractivity contribution >= 4 is 34.2 Å². The molecule has 0 aliphatic carbocycles. The van der Waals surface area contributed by atoms with E-state index in [0.717, 1.165) is 0 Å². The summed E-state index contributed by atoms with van der Waals surface area (Å²) in [7, 11) is 0. The molecular formula is C14H10BrNO4. The summed E-state index contributed by atoms with van der Waals surface area (Å²) in [6.07, 6.45) is 0. The van der Waals surface area contributed by atoms with Crippen LogP contribution in [0.1, 0.15) is 20.7 Å². The Kier molecular flexibility index (Phi) is 5.28. The van der Waals surface area contributed by atoms with Crippen LogP contribution in [0.2, 0.25) is 0 Å². The minimum absolute atomic E-state index is 0. The number of hydrogen-bond donors (Lipinski definition) is 0. The molecule has 20 heavy (non-hydrogen) atoms. The molecule has 2 rings (SSSR count). The van der Waals surface area contributed by atoms with Crippen molar-refractivity contribution in [1.29, 1.82) is 0 Å². The second-order valence-corrected chi connectivity index (χ2v) is 3.80. The molecule has 0 N–H and O–H groups in total. The third-order valence-electron chi connectivity index (χ3n) is 2.59. The molecule has 0 saturated heterocycles. The Bertz CT molecular complexity index is 655. The molecular weight excluding hydrogens is 326 g/mol. The number of carbonyl (C=O) groups excluding carboxylic acids is 2. The van der Waals surface area contributed by atoms with E-state index in [-0.39, 0.29) is 33.8 Å². The van der Waals surface area contributed by atoms with Gasteiger partial charge in [0, 0.05) is 11.6 Å². The normalized spacial score (nSPS) is 9.40. The van der Waals surface area contributed by atoms with Gasteiger partial charge in [0.1, 0.15) is 5.56 Å². The van der Waals surface area contributed by atoms with E-state index >= 15 is 0 Å². The quantitative estimate of drug-likeness (QED) is 0.372. The van der Waals surface area contributed by atoms with E-state index in [9.17, 15) is 19.7 Å². The van der Waals surface area contributed by atoms with Gasteiger partial charge in [-0.05, 0) is 6.07 Å². The number of nitro groups is 1. The molecule has 2 aromatic rings. The van der Waals surface area contributed by atoms with Crippen molar-refractivity contribution in [1.82, 2.24) is 0 Å². The molecule has 0 aliphatic rings. The van der Waals surface area contributed by atoms with E-state index < -0.39 is 16.5 Å². The molecule has 5 nitrogen and oxygen atoms in total. The van der Waals surface area contributed by atoms with Gasteiger partial charge < -0.3 is 0 Å². The van der Waals surface area contributed by atoms with Crippen molar-refractivity contribution in [3.63, 3.8) is 0 Å². The molecule has 0 spiro atoms. The van der Waals surface area contributed by atoms with E-state index in [1.807, 2.05) is 0 Å². The Labute approximate surface area is 125 Å². The molecule has 2 aromatic carbocycles. The first kappa shape index (κ1) is 15.7. The second-order valence-electron chi connectivity index (χ2n) is 3.80. The Balaban J connectivity index is 0.00000200. The van der Waals surface area contributed by atoms with Gasteiger partial charge >= 0.3 is 0 Å². The lowest BCUT2D eigenvalue weighted by atomic mass is 10.0. The summed E-state index contributed by atoms with van der Waals surface area (Å²) in [5.74, 6) is -1.63. The zero-order valence-corrected chi connectivity index (χ0v) is 11.9. The average molecular weight is 336 g/mol. The predicted molar refractivity (Wildman–Crippen MR) is 78.5 cm³/mol. The summed E-state index contributed by atoms with van der Waals surface area (Å²) in [5.41, 5.74) is -0.344. The van der Waals surface area contributed by atoms with Crippen molar-refractivity contribution in [2.75, 3.05) is 0 Å². The Morgan fingerprint density at radius 2 is 1.40 bits per heavy atom. The third kappa shape index (κ3) is 3.16. The van der Waals surface area contributed by atoms with E-state index in [4.69, 9.17) is 0 Å². The van der Waals surface area contributed by atoms with Crippen molar-refractivity contribution in [3.05, 3.63) is 75.8 Å². The zero-order valence-electron chi connectivity index (χ0n) is 10.2. The average Bonchev–Trinajstić information content (AvgIpc) is 2.46.